The van der Waals surface area contributed by atoms with Gasteiger partial charge in [0.25, 0.3) is 0 Å². The summed E-state index contributed by atoms with van der Waals surface area (Å²) in [6, 6.07) is 9.96. The van der Waals surface area contributed by atoms with Gasteiger partial charge in [0.15, 0.2) is 17.2 Å². The molecule has 0 aliphatic heterocycles. The van der Waals surface area contributed by atoms with Gasteiger partial charge in [-0.2, -0.15) is 15.1 Å². The van der Waals surface area contributed by atoms with Crippen molar-refractivity contribution in [3.63, 3.8) is 0 Å². The Morgan fingerprint density at radius 2 is 1.97 bits per heavy atom. The summed E-state index contributed by atoms with van der Waals surface area (Å²) in [4.78, 5) is 12.8. The molecule has 11 heteroatoms. The standard InChI is InChI=1S/C23H17ClF2N6O2/c1-13-27-8-9-32(13)10-11-33-22-19-20(15-4-2-3-5-16(15)24)30-31-21(19)28-23(29-22)34-18-7-6-14(25)12-17(18)26/h2-9,12H,10-11H2,1H3,(H,28,29,30,31). The lowest BCUT2D eigenvalue weighted by atomic mass is 10.1. The largest absolute Gasteiger partial charge is 0.475 e. The SMILES string of the molecule is Cc1nccn1CCOc1nc(Oc2ccc(F)cc2F)nc2[nH]nc(-c3ccccc3Cl)c12. The van der Waals surface area contributed by atoms with E-state index in [0.29, 0.717) is 39.9 Å². The smallest absolute Gasteiger partial charge is 0.327 e. The van der Waals surface area contributed by atoms with Crippen LogP contribution in [-0.4, -0.2) is 36.3 Å². The van der Waals surface area contributed by atoms with Gasteiger partial charge in [0.05, 0.1) is 11.6 Å². The number of imidazole rings is 1. The van der Waals surface area contributed by atoms with Crippen molar-refractivity contribution in [2.24, 2.45) is 0 Å². The number of hydrogen-bond acceptors (Lipinski definition) is 6. The normalized spacial score (nSPS) is 11.2. The molecule has 1 N–H and O–H groups in total. The fourth-order valence-corrected chi connectivity index (χ4v) is 3.64. The summed E-state index contributed by atoms with van der Waals surface area (Å²) in [7, 11) is 0. The third-order valence-corrected chi connectivity index (χ3v) is 5.41. The number of benzene rings is 2. The molecule has 5 rings (SSSR count). The minimum Gasteiger partial charge on any atom is -0.475 e. The van der Waals surface area contributed by atoms with E-state index in [1.807, 2.05) is 35.9 Å². The summed E-state index contributed by atoms with van der Waals surface area (Å²) in [5.74, 6) is -0.830. The van der Waals surface area contributed by atoms with Crippen LogP contribution in [0.5, 0.6) is 17.6 Å². The lowest BCUT2D eigenvalue weighted by Crippen LogP contribution is -2.10. The van der Waals surface area contributed by atoms with E-state index in [9.17, 15) is 8.78 Å². The Balaban J connectivity index is 1.54. The predicted molar refractivity (Wildman–Crippen MR) is 121 cm³/mol. The van der Waals surface area contributed by atoms with E-state index in [0.717, 1.165) is 18.0 Å². The quantitative estimate of drug-likeness (QED) is 0.337. The second-order valence-corrected chi connectivity index (χ2v) is 7.69. The van der Waals surface area contributed by atoms with Crippen LogP contribution in [0, 0.1) is 18.6 Å². The Labute approximate surface area is 197 Å². The molecule has 0 bridgehead atoms. The second-order valence-electron chi connectivity index (χ2n) is 7.28. The number of ether oxygens (including phenoxy) is 2. The molecule has 34 heavy (non-hydrogen) atoms. The Morgan fingerprint density at radius 3 is 2.74 bits per heavy atom. The first-order valence-corrected chi connectivity index (χ1v) is 10.6. The number of aromatic nitrogens is 6. The molecule has 0 saturated carbocycles. The van der Waals surface area contributed by atoms with Crippen LogP contribution in [0.1, 0.15) is 5.82 Å². The highest BCUT2D eigenvalue weighted by atomic mass is 35.5. The first-order chi connectivity index (χ1) is 16.5. The van der Waals surface area contributed by atoms with Crippen molar-refractivity contribution in [1.82, 2.24) is 29.7 Å². The van der Waals surface area contributed by atoms with Crippen LogP contribution in [0.25, 0.3) is 22.3 Å². The van der Waals surface area contributed by atoms with Crippen molar-refractivity contribution in [3.05, 3.63) is 77.3 Å². The highest BCUT2D eigenvalue weighted by Gasteiger charge is 2.21. The summed E-state index contributed by atoms with van der Waals surface area (Å²) in [6.45, 7) is 2.65. The molecule has 0 aliphatic rings. The topological polar surface area (TPSA) is 90.7 Å². The van der Waals surface area contributed by atoms with Crippen molar-refractivity contribution < 1.29 is 18.3 Å². The number of nitrogens with one attached hydrogen (secondary N) is 1. The van der Waals surface area contributed by atoms with Crippen LogP contribution < -0.4 is 9.47 Å². The van der Waals surface area contributed by atoms with Gasteiger partial charge < -0.3 is 14.0 Å². The van der Waals surface area contributed by atoms with Gasteiger partial charge in [-0.15, -0.1) is 0 Å². The zero-order valence-electron chi connectivity index (χ0n) is 17.8. The Bertz CT molecular complexity index is 1490. The van der Waals surface area contributed by atoms with Crippen LogP contribution >= 0.6 is 11.6 Å². The molecule has 0 atom stereocenters. The summed E-state index contributed by atoms with van der Waals surface area (Å²) in [6.07, 6.45) is 3.54. The number of H-pyrrole nitrogens is 1. The molecule has 0 saturated heterocycles. The van der Waals surface area contributed by atoms with Crippen LogP contribution in [0.15, 0.2) is 54.9 Å². The minimum atomic E-state index is -0.886. The van der Waals surface area contributed by atoms with E-state index in [-0.39, 0.29) is 24.2 Å². The van der Waals surface area contributed by atoms with Crippen LogP contribution in [0.4, 0.5) is 8.78 Å². The van der Waals surface area contributed by atoms with E-state index >= 15 is 0 Å². The highest BCUT2D eigenvalue weighted by molar-refractivity contribution is 6.33. The monoisotopic (exact) mass is 482 g/mol. The molecule has 2 aromatic carbocycles. The van der Waals surface area contributed by atoms with Gasteiger partial charge in [0.1, 0.15) is 29.3 Å². The first-order valence-electron chi connectivity index (χ1n) is 10.2. The zero-order valence-corrected chi connectivity index (χ0v) is 18.6. The molecule has 0 aliphatic carbocycles. The Hall–Kier alpha value is -4.05. The molecule has 3 aromatic heterocycles. The number of rotatable bonds is 7. The van der Waals surface area contributed by atoms with Gasteiger partial charge in [0, 0.05) is 24.0 Å². The maximum Gasteiger partial charge on any atom is 0.327 e. The van der Waals surface area contributed by atoms with E-state index in [1.165, 1.54) is 0 Å². The van der Waals surface area contributed by atoms with Gasteiger partial charge in [-0.3, -0.25) is 5.10 Å². The van der Waals surface area contributed by atoms with Crippen molar-refractivity contribution in [2.45, 2.75) is 13.5 Å². The molecule has 3 heterocycles. The van der Waals surface area contributed by atoms with Gasteiger partial charge in [0.2, 0.25) is 5.88 Å². The van der Waals surface area contributed by atoms with Crippen molar-refractivity contribution in [1.29, 1.82) is 0 Å². The number of hydrogen-bond donors (Lipinski definition) is 1. The number of fused-ring (bicyclic) bond motifs is 1. The third-order valence-electron chi connectivity index (χ3n) is 5.08. The van der Waals surface area contributed by atoms with Crippen molar-refractivity contribution in [2.75, 3.05) is 6.61 Å². The fourth-order valence-electron chi connectivity index (χ4n) is 3.41. The number of aryl methyl sites for hydroxylation is 1. The molecule has 0 radical (unpaired) electrons. The predicted octanol–water partition coefficient (Wildman–Crippen LogP) is 5.33. The summed E-state index contributed by atoms with van der Waals surface area (Å²) in [5, 5.41) is 8.16. The van der Waals surface area contributed by atoms with E-state index in [4.69, 9.17) is 21.1 Å². The van der Waals surface area contributed by atoms with Crippen molar-refractivity contribution >= 4 is 22.6 Å². The Kier molecular flexibility index (Phi) is 5.81. The van der Waals surface area contributed by atoms with E-state index < -0.39 is 11.6 Å². The Morgan fingerprint density at radius 1 is 1.12 bits per heavy atom. The second kappa shape index (κ2) is 9.06. The summed E-state index contributed by atoms with van der Waals surface area (Å²) >= 11 is 6.38. The maximum atomic E-state index is 14.1. The zero-order chi connectivity index (χ0) is 23.7. The molecule has 8 nitrogen and oxygen atoms in total. The van der Waals surface area contributed by atoms with Crippen LogP contribution in [0.3, 0.4) is 0 Å². The minimum absolute atomic E-state index is 0.170. The number of aromatic amines is 1. The first kappa shape index (κ1) is 21.8. The summed E-state index contributed by atoms with van der Waals surface area (Å²) < 4.78 is 40.8. The van der Waals surface area contributed by atoms with Gasteiger partial charge in [-0.1, -0.05) is 29.8 Å². The average Bonchev–Trinajstić information content (AvgIpc) is 3.42. The molecule has 5 aromatic rings. The lowest BCUT2D eigenvalue weighted by molar-refractivity contribution is 0.284. The molecule has 0 amide bonds. The molecule has 0 fully saturated rings. The summed E-state index contributed by atoms with van der Waals surface area (Å²) in [5.41, 5.74) is 1.46. The van der Waals surface area contributed by atoms with Crippen LogP contribution in [-0.2, 0) is 6.54 Å². The van der Waals surface area contributed by atoms with E-state index in [1.54, 1.807) is 12.3 Å². The molecular weight excluding hydrogens is 466 g/mol. The van der Waals surface area contributed by atoms with Gasteiger partial charge in [-0.25, -0.2) is 13.8 Å². The maximum absolute atomic E-state index is 14.1. The average molecular weight is 483 g/mol. The fraction of sp³-hybridized carbons (Fsp3) is 0.130. The third kappa shape index (κ3) is 4.27. The molecule has 0 unspecified atom stereocenters. The van der Waals surface area contributed by atoms with Crippen molar-refractivity contribution in [3.8, 4) is 28.9 Å². The lowest BCUT2D eigenvalue weighted by Gasteiger charge is -2.11. The molecular formula is C23H17ClF2N6O2. The molecule has 172 valence electrons. The van der Waals surface area contributed by atoms with Crippen LogP contribution in [0.2, 0.25) is 5.02 Å². The molecule has 0 spiro atoms. The number of halogens is 3. The van der Waals surface area contributed by atoms with Gasteiger partial charge in [-0.05, 0) is 25.1 Å². The van der Waals surface area contributed by atoms with Gasteiger partial charge >= 0.3 is 6.01 Å². The number of nitrogens with zero attached hydrogens (tertiary/aromatic N) is 5. The highest BCUT2D eigenvalue weighted by Crippen LogP contribution is 2.37. The van der Waals surface area contributed by atoms with E-state index in [2.05, 4.69) is 25.1 Å².